The molecular weight excluding hydrogens is 286 g/mol. The molecular formula is C15H23N3O2S. The topological polar surface area (TPSA) is 44.8 Å². The maximum absolute atomic E-state index is 12.4. The Bertz CT molecular complexity index is 485. The molecule has 1 unspecified atom stereocenters. The van der Waals surface area contributed by atoms with Gasteiger partial charge in [0.1, 0.15) is 0 Å². The second-order valence-corrected chi connectivity index (χ2v) is 6.83. The minimum absolute atomic E-state index is 0.196. The van der Waals surface area contributed by atoms with E-state index < -0.39 is 0 Å². The number of hydrogen-bond donors (Lipinski definition) is 1. The lowest BCUT2D eigenvalue weighted by Gasteiger charge is -2.31. The van der Waals surface area contributed by atoms with Gasteiger partial charge in [-0.1, -0.05) is 0 Å². The maximum Gasteiger partial charge on any atom is 0.237 e. The van der Waals surface area contributed by atoms with E-state index in [9.17, 15) is 4.79 Å². The number of nitrogens with one attached hydrogen (secondary N) is 1. The Kier molecular flexibility index (Phi) is 4.90. The Morgan fingerprint density at radius 3 is 3.33 bits per heavy atom. The lowest BCUT2D eigenvalue weighted by atomic mass is 10.1. The lowest BCUT2D eigenvalue weighted by Crippen LogP contribution is -2.47. The Balaban J connectivity index is 1.47. The molecule has 1 amide bonds. The van der Waals surface area contributed by atoms with E-state index in [0.717, 1.165) is 45.8 Å². The van der Waals surface area contributed by atoms with E-state index in [2.05, 4.69) is 21.7 Å². The van der Waals surface area contributed by atoms with Crippen LogP contribution in [0.2, 0.25) is 0 Å². The van der Waals surface area contributed by atoms with Crippen LogP contribution in [0.5, 0.6) is 0 Å². The number of likely N-dealkylation sites (N-methyl/N-ethyl adjacent to an activating group) is 1. The molecule has 6 heteroatoms. The van der Waals surface area contributed by atoms with Gasteiger partial charge in [0, 0.05) is 37.6 Å². The summed E-state index contributed by atoms with van der Waals surface area (Å²) in [6.45, 7) is 5.46. The van der Waals surface area contributed by atoms with Crippen LogP contribution in [-0.4, -0.2) is 68.2 Å². The van der Waals surface area contributed by atoms with E-state index >= 15 is 0 Å². The number of carbonyl (C=O) groups excluding carboxylic acids is 1. The van der Waals surface area contributed by atoms with Crippen molar-refractivity contribution in [2.75, 3.05) is 46.4 Å². The summed E-state index contributed by atoms with van der Waals surface area (Å²) in [5, 5.41) is 5.44. The van der Waals surface area contributed by atoms with Crippen LogP contribution in [0.15, 0.2) is 11.4 Å². The molecule has 2 aliphatic heterocycles. The van der Waals surface area contributed by atoms with Gasteiger partial charge in [0.25, 0.3) is 0 Å². The second-order valence-electron chi connectivity index (χ2n) is 5.83. The van der Waals surface area contributed by atoms with Gasteiger partial charge in [-0.25, -0.2) is 0 Å². The Morgan fingerprint density at radius 2 is 2.52 bits per heavy atom. The monoisotopic (exact) mass is 309 g/mol. The third-order valence-corrected chi connectivity index (χ3v) is 5.11. The number of morpholine rings is 1. The van der Waals surface area contributed by atoms with Crippen molar-refractivity contribution < 1.29 is 9.53 Å². The zero-order valence-corrected chi connectivity index (χ0v) is 13.3. The van der Waals surface area contributed by atoms with Crippen LogP contribution in [0.1, 0.15) is 10.4 Å². The van der Waals surface area contributed by atoms with Gasteiger partial charge in [-0.05, 0) is 30.5 Å². The largest absolute Gasteiger partial charge is 0.374 e. The highest BCUT2D eigenvalue weighted by molar-refractivity contribution is 7.10. The highest BCUT2D eigenvalue weighted by Gasteiger charge is 2.23. The quantitative estimate of drug-likeness (QED) is 0.882. The molecule has 21 heavy (non-hydrogen) atoms. The molecule has 0 aliphatic carbocycles. The van der Waals surface area contributed by atoms with Crippen molar-refractivity contribution >= 4 is 17.2 Å². The summed E-state index contributed by atoms with van der Waals surface area (Å²) in [4.78, 5) is 17.9. The van der Waals surface area contributed by atoms with E-state index in [4.69, 9.17) is 4.74 Å². The van der Waals surface area contributed by atoms with Gasteiger partial charge in [0.05, 0.1) is 19.3 Å². The summed E-state index contributed by atoms with van der Waals surface area (Å²) >= 11 is 1.80. The number of rotatable bonds is 4. The minimum atomic E-state index is 0.196. The standard InChI is InChI=1S/C15H23N3O2S/c1-17(10-13-8-16-4-6-20-13)11-15(19)18-5-2-14-12(9-18)3-7-21-14/h3,7,13,16H,2,4-6,8-11H2,1H3. The fraction of sp³-hybridized carbons (Fsp3) is 0.667. The molecule has 3 heterocycles. The van der Waals surface area contributed by atoms with Gasteiger partial charge < -0.3 is 15.0 Å². The van der Waals surface area contributed by atoms with E-state index in [-0.39, 0.29) is 12.0 Å². The molecule has 0 bridgehead atoms. The first-order valence-electron chi connectivity index (χ1n) is 7.56. The Hall–Kier alpha value is -0.950. The molecule has 116 valence electrons. The summed E-state index contributed by atoms with van der Waals surface area (Å²) in [7, 11) is 2.00. The first-order valence-corrected chi connectivity index (χ1v) is 8.44. The molecule has 0 aromatic carbocycles. The number of carbonyl (C=O) groups is 1. The molecule has 1 saturated heterocycles. The SMILES string of the molecule is CN(CC(=O)N1CCc2sccc2C1)CC1CNCCO1. The normalized spacial score (nSPS) is 22.4. The minimum Gasteiger partial charge on any atom is -0.374 e. The van der Waals surface area contributed by atoms with Crippen molar-refractivity contribution in [3.05, 3.63) is 21.9 Å². The van der Waals surface area contributed by atoms with Crippen LogP contribution in [-0.2, 0) is 22.5 Å². The van der Waals surface area contributed by atoms with Gasteiger partial charge in [-0.15, -0.1) is 11.3 Å². The van der Waals surface area contributed by atoms with Crippen LogP contribution in [0.4, 0.5) is 0 Å². The summed E-state index contributed by atoms with van der Waals surface area (Å²) in [6.07, 6.45) is 1.19. The fourth-order valence-corrected chi connectivity index (χ4v) is 3.83. The number of ether oxygens (including phenoxy) is 1. The highest BCUT2D eigenvalue weighted by Crippen LogP contribution is 2.23. The lowest BCUT2D eigenvalue weighted by molar-refractivity contribution is -0.133. The molecule has 1 aromatic rings. The number of hydrogen-bond acceptors (Lipinski definition) is 5. The fourth-order valence-electron chi connectivity index (χ4n) is 2.94. The molecule has 5 nitrogen and oxygen atoms in total. The van der Waals surface area contributed by atoms with Crippen LogP contribution >= 0.6 is 11.3 Å². The molecule has 1 fully saturated rings. The Morgan fingerprint density at radius 1 is 1.62 bits per heavy atom. The van der Waals surface area contributed by atoms with Crippen LogP contribution in [0.3, 0.4) is 0 Å². The van der Waals surface area contributed by atoms with Crippen molar-refractivity contribution in [1.29, 1.82) is 0 Å². The number of nitrogens with zero attached hydrogens (tertiary/aromatic N) is 2. The van der Waals surface area contributed by atoms with Crippen molar-refractivity contribution in [1.82, 2.24) is 15.1 Å². The van der Waals surface area contributed by atoms with Gasteiger partial charge in [0.2, 0.25) is 5.91 Å². The third kappa shape index (κ3) is 3.83. The molecule has 0 saturated carbocycles. The van der Waals surface area contributed by atoms with E-state index in [1.54, 1.807) is 11.3 Å². The summed E-state index contributed by atoms with van der Waals surface area (Å²) in [5.74, 6) is 0.220. The first-order chi connectivity index (χ1) is 10.2. The Labute approximate surface area is 129 Å². The smallest absolute Gasteiger partial charge is 0.237 e. The number of amides is 1. The summed E-state index contributed by atoms with van der Waals surface area (Å²) < 4.78 is 5.68. The first kappa shape index (κ1) is 15.0. The van der Waals surface area contributed by atoms with E-state index in [1.807, 2.05) is 11.9 Å². The average molecular weight is 309 g/mol. The van der Waals surface area contributed by atoms with Crippen molar-refractivity contribution in [3.8, 4) is 0 Å². The van der Waals surface area contributed by atoms with Crippen LogP contribution < -0.4 is 5.32 Å². The average Bonchev–Trinajstić information content (AvgIpc) is 2.95. The number of fused-ring (bicyclic) bond motifs is 1. The zero-order chi connectivity index (χ0) is 14.7. The predicted molar refractivity (Wildman–Crippen MR) is 83.5 cm³/mol. The molecule has 1 aromatic heterocycles. The molecule has 3 rings (SSSR count). The highest BCUT2D eigenvalue weighted by atomic mass is 32.1. The van der Waals surface area contributed by atoms with Crippen LogP contribution in [0, 0.1) is 0 Å². The molecule has 0 radical (unpaired) electrons. The third-order valence-electron chi connectivity index (χ3n) is 4.09. The van der Waals surface area contributed by atoms with Crippen molar-refractivity contribution in [3.63, 3.8) is 0 Å². The molecule has 1 atom stereocenters. The molecule has 1 N–H and O–H groups in total. The van der Waals surface area contributed by atoms with Gasteiger partial charge in [0.15, 0.2) is 0 Å². The zero-order valence-electron chi connectivity index (χ0n) is 12.5. The van der Waals surface area contributed by atoms with Gasteiger partial charge >= 0.3 is 0 Å². The second kappa shape index (κ2) is 6.87. The van der Waals surface area contributed by atoms with E-state index in [0.29, 0.717) is 6.54 Å². The molecule has 0 spiro atoms. The van der Waals surface area contributed by atoms with Crippen molar-refractivity contribution in [2.45, 2.75) is 19.1 Å². The predicted octanol–water partition coefficient (Wildman–Crippen LogP) is 0.553. The van der Waals surface area contributed by atoms with Crippen molar-refractivity contribution in [2.24, 2.45) is 0 Å². The van der Waals surface area contributed by atoms with Crippen LogP contribution in [0.25, 0.3) is 0 Å². The van der Waals surface area contributed by atoms with Gasteiger partial charge in [-0.2, -0.15) is 0 Å². The summed E-state index contributed by atoms with van der Waals surface area (Å²) in [6, 6.07) is 2.14. The number of thiophene rings is 1. The van der Waals surface area contributed by atoms with Gasteiger partial charge in [-0.3, -0.25) is 9.69 Å². The molecule has 2 aliphatic rings. The van der Waals surface area contributed by atoms with E-state index in [1.165, 1.54) is 10.4 Å². The summed E-state index contributed by atoms with van der Waals surface area (Å²) in [5.41, 5.74) is 1.32. The maximum atomic E-state index is 12.4.